The van der Waals surface area contributed by atoms with Crippen LogP contribution in [0.4, 0.5) is 0 Å². The third-order valence-electron chi connectivity index (χ3n) is 2.94. The molecule has 0 aliphatic carbocycles. The molecule has 0 radical (unpaired) electrons. The first kappa shape index (κ1) is 12.9. The number of hydrogen-bond acceptors (Lipinski definition) is 2. The Morgan fingerprint density at radius 2 is 2.06 bits per heavy atom. The molecule has 1 rings (SSSR count). The predicted octanol–water partition coefficient (Wildman–Crippen LogP) is 2.98. The molecule has 1 aromatic rings. The van der Waals surface area contributed by atoms with E-state index in [1.54, 1.807) is 0 Å². The van der Waals surface area contributed by atoms with Crippen molar-refractivity contribution in [2.45, 2.75) is 26.8 Å². The van der Waals surface area contributed by atoms with E-state index in [0.29, 0.717) is 5.92 Å². The van der Waals surface area contributed by atoms with Crippen molar-refractivity contribution in [3.8, 4) is 0 Å². The van der Waals surface area contributed by atoms with Crippen molar-refractivity contribution in [3.05, 3.63) is 35.4 Å². The standard InChI is InChI=1S/C14H21NO/c1-4-12(2)9-15(3)10-13-7-5-6-8-14(13)11-16/h5-8,11-12H,4,9-10H2,1-3H3. The largest absolute Gasteiger partial charge is 0.302 e. The van der Waals surface area contributed by atoms with Crippen LogP contribution in [0.25, 0.3) is 0 Å². The Morgan fingerprint density at radius 1 is 1.38 bits per heavy atom. The Labute approximate surface area is 98.3 Å². The van der Waals surface area contributed by atoms with Gasteiger partial charge in [0.15, 0.2) is 0 Å². The molecule has 0 fully saturated rings. The maximum absolute atomic E-state index is 10.9. The van der Waals surface area contributed by atoms with Gasteiger partial charge in [-0.25, -0.2) is 0 Å². The minimum atomic E-state index is 0.702. The lowest BCUT2D eigenvalue weighted by molar-refractivity contribution is 0.112. The number of nitrogens with zero attached hydrogens (tertiary/aromatic N) is 1. The molecule has 0 saturated carbocycles. The number of carbonyl (C=O) groups excluding carboxylic acids is 1. The third kappa shape index (κ3) is 3.78. The zero-order valence-corrected chi connectivity index (χ0v) is 10.4. The van der Waals surface area contributed by atoms with Crippen molar-refractivity contribution >= 4 is 6.29 Å². The first-order valence-electron chi connectivity index (χ1n) is 5.89. The summed E-state index contributed by atoms with van der Waals surface area (Å²) in [4.78, 5) is 13.1. The summed E-state index contributed by atoms with van der Waals surface area (Å²) in [6.07, 6.45) is 2.13. The number of hydrogen-bond donors (Lipinski definition) is 0. The minimum absolute atomic E-state index is 0.702. The van der Waals surface area contributed by atoms with Crippen LogP contribution in [0.3, 0.4) is 0 Å². The zero-order chi connectivity index (χ0) is 12.0. The first-order chi connectivity index (χ1) is 7.67. The lowest BCUT2D eigenvalue weighted by atomic mass is 10.1. The SMILES string of the molecule is CCC(C)CN(C)Cc1ccccc1C=O. The highest BCUT2D eigenvalue weighted by molar-refractivity contribution is 5.77. The molecule has 1 unspecified atom stereocenters. The molecule has 0 saturated heterocycles. The molecule has 1 aromatic carbocycles. The van der Waals surface area contributed by atoms with E-state index >= 15 is 0 Å². The van der Waals surface area contributed by atoms with Crippen LogP contribution in [0.1, 0.15) is 36.2 Å². The maximum atomic E-state index is 10.9. The van der Waals surface area contributed by atoms with E-state index in [1.165, 1.54) is 6.42 Å². The fraction of sp³-hybridized carbons (Fsp3) is 0.500. The third-order valence-corrected chi connectivity index (χ3v) is 2.94. The fourth-order valence-corrected chi connectivity index (χ4v) is 1.81. The maximum Gasteiger partial charge on any atom is 0.150 e. The summed E-state index contributed by atoms with van der Waals surface area (Å²) in [6.45, 7) is 6.38. The lowest BCUT2D eigenvalue weighted by Crippen LogP contribution is -2.24. The average molecular weight is 219 g/mol. The van der Waals surface area contributed by atoms with E-state index in [2.05, 4.69) is 25.8 Å². The summed E-state index contributed by atoms with van der Waals surface area (Å²) >= 11 is 0. The van der Waals surface area contributed by atoms with Crippen molar-refractivity contribution in [1.82, 2.24) is 4.90 Å². The van der Waals surface area contributed by atoms with Crippen molar-refractivity contribution in [2.24, 2.45) is 5.92 Å². The van der Waals surface area contributed by atoms with E-state index in [-0.39, 0.29) is 0 Å². The van der Waals surface area contributed by atoms with Gasteiger partial charge in [0.25, 0.3) is 0 Å². The molecule has 0 aromatic heterocycles. The highest BCUT2D eigenvalue weighted by Crippen LogP contribution is 2.11. The Bertz CT molecular complexity index is 335. The van der Waals surface area contributed by atoms with Gasteiger partial charge in [0.1, 0.15) is 6.29 Å². The highest BCUT2D eigenvalue weighted by atomic mass is 16.1. The molecule has 88 valence electrons. The summed E-state index contributed by atoms with van der Waals surface area (Å²) in [5.74, 6) is 0.702. The van der Waals surface area contributed by atoms with E-state index < -0.39 is 0 Å². The number of benzene rings is 1. The van der Waals surface area contributed by atoms with Crippen molar-refractivity contribution < 1.29 is 4.79 Å². The molecule has 0 aliphatic rings. The normalized spacial score (nSPS) is 12.8. The molecule has 0 bridgehead atoms. The van der Waals surface area contributed by atoms with Crippen LogP contribution in [0.2, 0.25) is 0 Å². The minimum Gasteiger partial charge on any atom is -0.302 e. The van der Waals surface area contributed by atoms with Crippen LogP contribution < -0.4 is 0 Å². The quantitative estimate of drug-likeness (QED) is 0.686. The molecule has 16 heavy (non-hydrogen) atoms. The van der Waals surface area contributed by atoms with Gasteiger partial charge in [0.05, 0.1) is 0 Å². The van der Waals surface area contributed by atoms with Gasteiger partial charge in [0.2, 0.25) is 0 Å². The van der Waals surface area contributed by atoms with Gasteiger partial charge in [-0.3, -0.25) is 4.79 Å². The Balaban J connectivity index is 2.61. The van der Waals surface area contributed by atoms with E-state index in [4.69, 9.17) is 0 Å². The van der Waals surface area contributed by atoms with E-state index in [1.807, 2.05) is 24.3 Å². The van der Waals surface area contributed by atoms with Gasteiger partial charge in [-0.05, 0) is 18.5 Å². The molecule has 0 N–H and O–H groups in total. The summed E-state index contributed by atoms with van der Waals surface area (Å²) in [5.41, 5.74) is 1.92. The fourth-order valence-electron chi connectivity index (χ4n) is 1.81. The number of carbonyl (C=O) groups is 1. The molecule has 0 heterocycles. The monoisotopic (exact) mass is 219 g/mol. The second kappa shape index (κ2) is 6.44. The molecule has 2 nitrogen and oxygen atoms in total. The first-order valence-corrected chi connectivity index (χ1v) is 5.89. The summed E-state index contributed by atoms with van der Waals surface area (Å²) < 4.78 is 0. The second-order valence-electron chi connectivity index (χ2n) is 4.53. The van der Waals surface area contributed by atoms with Crippen LogP contribution in [0.15, 0.2) is 24.3 Å². The molecule has 1 atom stereocenters. The van der Waals surface area contributed by atoms with Gasteiger partial charge < -0.3 is 4.90 Å². The Morgan fingerprint density at radius 3 is 2.69 bits per heavy atom. The molecule has 2 heteroatoms. The van der Waals surface area contributed by atoms with Gasteiger partial charge >= 0.3 is 0 Å². The average Bonchev–Trinajstić information content (AvgIpc) is 2.29. The predicted molar refractivity (Wildman–Crippen MR) is 67.6 cm³/mol. The van der Waals surface area contributed by atoms with Crippen LogP contribution >= 0.6 is 0 Å². The Hall–Kier alpha value is -1.15. The van der Waals surface area contributed by atoms with Crippen molar-refractivity contribution in [2.75, 3.05) is 13.6 Å². The molecule has 0 amide bonds. The topological polar surface area (TPSA) is 20.3 Å². The zero-order valence-electron chi connectivity index (χ0n) is 10.4. The number of aldehydes is 1. The van der Waals surface area contributed by atoms with Gasteiger partial charge in [-0.15, -0.1) is 0 Å². The Kier molecular flexibility index (Phi) is 5.20. The van der Waals surface area contributed by atoms with E-state index in [0.717, 1.165) is 30.5 Å². The van der Waals surface area contributed by atoms with Gasteiger partial charge in [-0.2, -0.15) is 0 Å². The summed E-state index contributed by atoms with van der Waals surface area (Å²) in [7, 11) is 2.10. The van der Waals surface area contributed by atoms with Crippen molar-refractivity contribution in [1.29, 1.82) is 0 Å². The van der Waals surface area contributed by atoms with E-state index in [9.17, 15) is 4.79 Å². The van der Waals surface area contributed by atoms with Gasteiger partial charge in [0, 0.05) is 18.7 Å². The van der Waals surface area contributed by atoms with Crippen LogP contribution in [0, 0.1) is 5.92 Å². The van der Waals surface area contributed by atoms with Gasteiger partial charge in [-0.1, -0.05) is 44.5 Å². The lowest BCUT2D eigenvalue weighted by Gasteiger charge is -2.21. The van der Waals surface area contributed by atoms with Crippen LogP contribution in [-0.4, -0.2) is 24.8 Å². The summed E-state index contributed by atoms with van der Waals surface area (Å²) in [6, 6.07) is 7.79. The smallest absolute Gasteiger partial charge is 0.150 e. The highest BCUT2D eigenvalue weighted by Gasteiger charge is 2.07. The molecule has 0 aliphatic heterocycles. The van der Waals surface area contributed by atoms with Crippen LogP contribution in [-0.2, 0) is 6.54 Å². The molecular formula is C14H21NO. The molecule has 0 spiro atoms. The summed E-state index contributed by atoms with van der Waals surface area (Å²) in [5, 5.41) is 0. The molecular weight excluding hydrogens is 198 g/mol. The second-order valence-corrected chi connectivity index (χ2v) is 4.53. The number of rotatable bonds is 6. The van der Waals surface area contributed by atoms with Crippen molar-refractivity contribution in [3.63, 3.8) is 0 Å². The van der Waals surface area contributed by atoms with Crippen LogP contribution in [0.5, 0.6) is 0 Å².